The topological polar surface area (TPSA) is 71.0 Å². The molecule has 0 spiro atoms. The third-order valence-corrected chi connectivity index (χ3v) is 2.77. The fourth-order valence-corrected chi connectivity index (χ4v) is 1.53. The minimum Gasteiger partial charge on any atom is -0.337 e. The highest BCUT2D eigenvalue weighted by atomic mass is 16.2. The molecular formula is C11H19N5O. The lowest BCUT2D eigenvalue weighted by atomic mass is 10.4. The number of urea groups is 1. The van der Waals surface area contributed by atoms with Gasteiger partial charge in [-0.15, -0.1) is 0 Å². The molecule has 1 aromatic heterocycles. The lowest BCUT2D eigenvalue weighted by Gasteiger charge is -2.08. The standard InChI is InChI=1S/C11H19N5O/c1-16-8-12-6-10(16)7-15-11(17)14-5-4-13-9-2-3-9/h6,8-9,13H,2-5,7H2,1H3,(H2,14,15,17). The lowest BCUT2D eigenvalue weighted by Crippen LogP contribution is -2.39. The van der Waals surface area contributed by atoms with Gasteiger partial charge in [0, 0.05) is 32.4 Å². The Kier molecular flexibility index (Phi) is 3.98. The molecular weight excluding hydrogens is 218 g/mol. The second-order valence-corrected chi connectivity index (χ2v) is 4.33. The SMILES string of the molecule is Cn1cncc1CNC(=O)NCCNC1CC1. The van der Waals surface area contributed by atoms with Gasteiger partial charge in [-0.1, -0.05) is 0 Å². The number of rotatable bonds is 6. The molecule has 6 heteroatoms. The van der Waals surface area contributed by atoms with Gasteiger partial charge in [-0.2, -0.15) is 0 Å². The van der Waals surface area contributed by atoms with E-state index in [2.05, 4.69) is 20.9 Å². The van der Waals surface area contributed by atoms with Gasteiger partial charge in [0.1, 0.15) is 0 Å². The first-order valence-corrected chi connectivity index (χ1v) is 5.96. The zero-order chi connectivity index (χ0) is 12.1. The van der Waals surface area contributed by atoms with E-state index in [0.29, 0.717) is 19.1 Å². The number of carbonyl (C=O) groups excluding carboxylic acids is 1. The van der Waals surface area contributed by atoms with Gasteiger partial charge in [0.2, 0.25) is 0 Å². The summed E-state index contributed by atoms with van der Waals surface area (Å²) in [5.41, 5.74) is 0.983. The fourth-order valence-electron chi connectivity index (χ4n) is 1.53. The Balaban J connectivity index is 1.55. The van der Waals surface area contributed by atoms with E-state index < -0.39 is 0 Å². The first-order chi connectivity index (χ1) is 8.25. The molecule has 1 heterocycles. The first kappa shape index (κ1) is 11.9. The van der Waals surface area contributed by atoms with Crippen molar-refractivity contribution in [3.05, 3.63) is 18.2 Å². The van der Waals surface area contributed by atoms with Gasteiger partial charge < -0.3 is 20.5 Å². The molecule has 1 fully saturated rings. The molecule has 0 atom stereocenters. The maximum Gasteiger partial charge on any atom is 0.315 e. The van der Waals surface area contributed by atoms with Crippen LogP contribution in [-0.2, 0) is 13.6 Å². The Morgan fingerprint density at radius 3 is 2.94 bits per heavy atom. The van der Waals surface area contributed by atoms with Gasteiger partial charge in [-0.3, -0.25) is 0 Å². The molecule has 0 saturated heterocycles. The summed E-state index contributed by atoms with van der Waals surface area (Å²) in [6.07, 6.45) is 6.00. The third kappa shape index (κ3) is 4.07. The Bertz CT molecular complexity index is 372. The molecule has 2 rings (SSSR count). The van der Waals surface area contributed by atoms with Crippen molar-refractivity contribution < 1.29 is 4.79 Å². The fraction of sp³-hybridized carbons (Fsp3) is 0.636. The predicted octanol–water partition coefficient (Wildman–Crippen LogP) is -0.0287. The monoisotopic (exact) mass is 237 g/mol. The molecule has 17 heavy (non-hydrogen) atoms. The number of hydrogen-bond donors (Lipinski definition) is 3. The summed E-state index contributed by atoms with van der Waals surface area (Å²) in [5, 5.41) is 8.93. The van der Waals surface area contributed by atoms with Crippen molar-refractivity contribution in [2.45, 2.75) is 25.4 Å². The van der Waals surface area contributed by atoms with Crippen molar-refractivity contribution in [2.24, 2.45) is 7.05 Å². The average molecular weight is 237 g/mol. The van der Waals surface area contributed by atoms with E-state index in [1.807, 2.05) is 11.6 Å². The molecule has 1 saturated carbocycles. The van der Waals surface area contributed by atoms with Gasteiger partial charge >= 0.3 is 6.03 Å². The van der Waals surface area contributed by atoms with Crippen LogP contribution in [-0.4, -0.2) is 34.7 Å². The first-order valence-electron chi connectivity index (χ1n) is 5.96. The van der Waals surface area contributed by atoms with Gasteiger partial charge in [0.15, 0.2) is 0 Å². The number of aryl methyl sites for hydroxylation is 1. The van der Waals surface area contributed by atoms with Crippen LogP contribution in [0.2, 0.25) is 0 Å². The minimum atomic E-state index is -0.135. The Hall–Kier alpha value is -1.56. The Labute approximate surface area is 101 Å². The summed E-state index contributed by atoms with van der Waals surface area (Å²) in [6.45, 7) is 2.00. The highest BCUT2D eigenvalue weighted by molar-refractivity contribution is 5.73. The molecule has 0 unspecified atom stereocenters. The van der Waals surface area contributed by atoms with E-state index in [1.54, 1.807) is 12.5 Å². The second-order valence-electron chi connectivity index (χ2n) is 4.33. The smallest absolute Gasteiger partial charge is 0.315 e. The van der Waals surface area contributed by atoms with Gasteiger partial charge in [0.25, 0.3) is 0 Å². The largest absolute Gasteiger partial charge is 0.337 e. The maximum atomic E-state index is 11.4. The molecule has 1 aromatic rings. The minimum absolute atomic E-state index is 0.135. The molecule has 0 aliphatic heterocycles. The number of aromatic nitrogens is 2. The van der Waals surface area contributed by atoms with Crippen molar-refractivity contribution in [1.29, 1.82) is 0 Å². The zero-order valence-electron chi connectivity index (χ0n) is 10.1. The summed E-state index contributed by atoms with van der Waals surface area (Å²) in [5.74, 6) is 0. The van der Waals surface area contributed by atoms with Gasteiger partial charge in [-0.05, 0) is 12.8 Å². The molecule has 6 nitrogen and oxygen atoms in total. The van der Waals surface area contributed by atoms with Crippen LogP contribution in [0.15, 0.2) is 12.5 Å². The van der Waals surface area contributed by atoms with Crippen molar-refractivity contribution in [3.63, 3.8) is 0 Å². The summed E-state index contributed by atoms with van der Waals surface area (Å²) in [6, 6.07) is 0.554. The number of amides is 2. The molecule has 2 amide bonds. The van der Waals surface area contributed by atoms with Crippen LogP contribution in [0, 0.1) is 0 Å². The van der Waals surface area contributed by atoms with Crippen molar-refractivity contribution in [3.8, 4) is 0 Å². The zero-order valence-corrected chi connectivity index (χ0v) is 10.1. The quantitative estimate of drug-likeness (QED) is 0.609. The Morgan fingerprint density at radius 1 is 1.47 bits per heavy atom. The number of nitrogens with zero attached hydrogens (tertiary/aromatic N) is 2. The average Bonchev–Trinajstić information content (AvgIpc) is 3.05. The van der Waals surface area contributed by atoms with Crippen LogP contribution in [0.25, 0.3) is 0 Å². The van der Waals surface area contributed by atoms with E-state index in [9.17, 15) is 4.79 Å². The highest BCUT2D eigenvalue weighted by Gasteiger charge is 2.19. The van der Waals surface area contributed by atoms with Crippen LogP contribution < -0.4 is 16.0 Å². The molecule has 1 aliphatic carbocycles. The maximum absolute atomic E-state index is 11.4. The van der Waals surface area contributed by atoms with Crippen molar-refractivity contribution in [1.82, 2.24) is 25.5 Å². The van der Waals surface area contributed by atoms with Crippen LogP contribution in [0.3, 0.4) is 0 Å². The normalized spacial score (nSPS) is 14.6. The van der Waals surface area contributed by atoms with Gasteiger partial charge in [-0.25, -0.2) is 9.78 Å². The predicted molar refractivity (Wildman–Crippen MR) is 64.5 cm³/mol. The molecule has 1 aliphatic rings. The van der Waals surface area contributed by atoms with E-state index >= 15 is 0 Å². The van der Waals surface area contributed by atoms with E-state index in [4.69, 9.17) is 0 Å². The summed E-state index contributed by atoms with van der Waals surface area (Å²) in [7, 11) is 1.90. The van der Waals surface area contributed by atoms with E-state index in [1.165, 1.54) is 12.8 Å². The second kappa shape index (κ2) is 5.67. The molecule has 3 N–H and O–H groups in total. The molecule has 94 valence electrons. The van der Waals surface area contributed by atoms with Crippen LogP contribution in [0.4, 0.5) is 4.79 Å². The number of imidazole rings is 1. The lowest BCUT2D eigenvalue weighted by molar-refractivity contribution is 0.240. The van der Waals surface area contributed by atoms with Crippen LogP contribution >= 0.6 is 0 Å². The molecule has 0 aromatic carbocycles. The number of carbonyl (C=O) groups is 1. The summed E-state index contributed by atoms with van der Waals surface area (Å²) in [4.78, 5) is 15.4. The van der Waals surface area contributed by atoms with Crippen LogP contribution in [0.1, 0.15) is 18.5 Å². The van der Waals surface area contributed by atoms with Crippen LogP contribution in [0.5, 0.6) is 0 Å². The number of hydrogen-bond acceptors (Lipinski definition) is 3. The summed E-state index contributed by atoms with van der Waals surface area (Å²) < 4.78 is 1.88. The Morgan fingerprint density at radius 2 is 2.29 bits per heavy atom. The third-order valence-electron chi connectivity index (χ3n) is 2.77. The van der Waals surface area contributed by atoms with E-state index in [0.717, 1.165) is 12.2 Å². The van der Waals surface area contributed by atoms with E-state index in [-0.39, 0.29) is 6.03 Å². The van der Waals surface area contributed by atoms with Gasteiger partial charge in [0.05, 0.1) is 18.6 Å². The number of nitrogens with one attached hydrogen (secondary N) is 3. The summed E-state index contributed by atoms with van der Waals surface area (Å²) >= 11 is 0. The molecule has 0 radical (unpaired) electrons. The van der Waals surface area contributed by atoms with Crippen molar-refractivity contribution in [2.75, 3.05) is 13.1 Å². The van der Waals surface area contributed by atoms with Crippen molar-refractivity contribution >= 4 is 6.03 Å². The molecule has 0 bridgehead atoms. The highest BCUT2D eigenvalue weighted by Crippen LogP contribution is 2.17.